The minimum Gasteiger partial charge on any atom is -0.378 e. The number of carbonyl (C=O) groups is 1. The standard InChI is InChI=1S/C39H35F8N7O2/c1-20-8-10-27-33(36(44)45)51-54(35(27)39(20,46)47)19-31(55)50-29(16-21-14-22(40)17-23(41)15-21)32-25(11-9-24(49-32)12-13-38(2,3)56)26-6-5-7-28-34(26)53(4)52-37(28)48-18-30(42)43/h5-11,14-15,17,20,29-30,36,56H,16,18-19H2,1-4H3,(H,48,52)(H,50,55)/t20-,29-/m0/s1. The number of fused-ring (bicyclic) bond motifs is 2. The molecule has 1 aliphatic carbocycles. The SMILES string of the molecule is C[C@H]1C=Cc2c(C(F)F)nn(CC(=O)N[C@@H](Cc3cc(F)cc(F)c3)c3nc(C#CC(C)(C)O)ccc3-c3cccc4c(NCC(F)F)nn(C)c34)c2C1(F)F. The van der Waals surface area contributed by atoms with Gasteiger partial charge in [0.05, 0.1) is 23.8 Å². The summed E-state index contributed by atoms with van der Waals surface area (Å²) in [7, 11) is 1.58. The number of nitrogens with one attached hydrogen (secondary N) is 2. The van der Waals surface area contributed by atoms with E-state index in [2.05, 4.69) is 32.7 Å². The van der Waals surface area contributed by atoms with Gasteiger partial charge in [-0.05, 0) is 62.1 Å². The van der Waals surface area contributed by atoms with Crippen LogP contribution in [0.15, 0.2) is 54.6 Å². The minimum atomic E-state index is -3.67. The summed E-state index contributed by atoms with van der Waals surface area (Å²) in [5.41, 5.74) is -2.38. The van der Waals surface area contributed by atoms with E-state index in [0.29, 0.717) is 32.8 Å². The fourth-order valence-corrected chi connectivity index (χ4v) is 6.53. The molecule has 0 saturated carbocycles. The van der Waals surface area contributed by atoms with Gasteiger partial charge in [-0.15, -0.1) is 0 Å². The molecule has 2 atom stereocenters. The Labute approximate surface area is 315 Å². The Morgan fingerprint density at radius 3 is 2.39 bits per heavy atom. The Hall–Kier alpha value is -5.76. The van der Waals surface area contributed by atoms with Crippen molar-refractivity contribution in [2.45, 2.75) is 64.2 Å². The van der Waals surface area contributed by atoms with Gasteiger partial charge in [0.2, 0.25) is 5.91 Å². The van der Waals surface area contributed by atoms with Crippen LogP contribution in [-0.4, -0.2) is 54.1 Å². The fraction of sp³-hybridized carbons (Fsp3) is 0.333. The Balaban J connectivity index is 1.51. The van der Waals surface area contributed by atoms with Gasteiger partial charge in [0.25, 0.3) is 18.8 Å². The molecule has 0 spiro atoms. The third kappa shape index (κ3) is 8.40. The van der Waals surface area contributed by atoms with Crippen molar-refractivity contribution in [1.29, 1.82) is 0 Å². The first-order chi connectivity index (χ1) is 26.3. The van der Waals surface area contributed by atoms with E-state index in [1.54, 1.807) is 31.3 Å². The van der Waals surface area contributed by atoms with Crippen molar-refractivity contribution in [2.24, 2.45) is 13.0 Å². The Kier molecular flexibility index (Phi) is 11.0. The summed E-state index contributed by atoms with van der Waals surface area (Å²) in [6.07, 6.45) is -4.05. The highest BCUT2D eigenvalue weighted by Crippen LogP contribution is 2.45. The molecule has 3 heterocycles. The Morgan fingerprint density at radius 2 is 1.73 bits per heavy atom. The van der Waals surface area contributed by atoms with Gasteiger partial charge in [-0.3, -0.25) is 14.2 Å². The number of hydrogen-bond donors (Lipinski definition) is 3. The second-order valence-electron chi connectivity index (χ2n) is 13.9. The first kappa shape index (κ1) is 39.9. The summed E-state index contributed by atoms with van der Waals surface area (Å²) in [6, 6.07) is 9.44. The lowest BCUT2D eigenvalue weighted by Gasteiger charge is -2.26. The quantitative estimate of drug-likeness (QED) is 0.0936. The van der Waals surface area contributed by atoms with E-state index in [-0.39, 0.29) is 29.2 Å². The van der Waals surface area contributed by atoms with Crippen molar-refractivity contribution in [3.8, 4) is 23.0 Å². The van der Waals surface area contributed by atoms with Crippen LogP contribution < -0.4 is 10.6 Å². The third-order valence-corrected chi connectivity index (χ3v) is 8.98. The lowest BCUT2D eigenvalue weighted by molar-refractivity contribution is -0.123. The van der Waals surface area contributed by atoms with Crippen LogP contribution in [0.1, 0.15) is 67.1 Å². The maximum atomic E-state index is 15.5. The molecular formula is C39H35F8N7O2. The van der Waals surface area contributed by atoms with Gasteiger partial charge in [0, 0.05) is 41.1 Å². The summed E-state index contributed by atoms with van der Waals surface area (Å²) in [5, 5.41) is 24.1. The minimum absolute atomic E-state index is 0.0488. The number of anilines is 1. The van der Waals surface area contributed by atoms with Gasteiger partial charge in [0.15, 0.2) is 5.82 Å². The third-order valence-electron chi connectivity index (χ3n) is 8.98. The molecule has 56 heavy (non-hydrogen) atoms. The van der Waals surface area contributed by atoms with Crippen LogP contribution in [0.3, 0.4) is 0 Å². The van der Waals surface area contributed by atoms with Gasteiger partial charge >= 0.3 is 0 Å². The maximum absolute atomic E-state index is 15.5. The molecule has 0 aliphatic heterocycles. The van der Waals surface area contributed by atoms with Crippen LogP contribution in [0.2, 0.25) is 0 Å². The summed E-state index contributed by atoms with van der Waals surface area (Å²) in [4.78, 5) is 18.6. The molecule has 0 saturated heterocycles. The second-order valence-corrected chi connectivity index (χ2v) is 13.9. The number of aromatic nitrogens is 5. The van der Waals surface area contributed by atoms with E-state index >= 15 is 8.78 Å². The molecule has 0 bridgehead atoms. The van der Waals surface area contributed by atoms with Crippen molar-refractivity contribution in [2.75, 3.05) is 11.9 Å². The van der Waals surface area contributed by atoms with E-state index < -0.39 is 83.9 Å². The second kappa shape index (κ2) is 15.4. The number of carbonyl (C=O) groups excluding carboxylic acids is 1. The van der Waals surface area contributed by atoms with Gasteiger partial charge in [-0.25, -0.2) is 31.3 Å². The average Bonchev–Trinajstić information content (AvgIpc) is 3.64. The highest BCUT2D eigenvalue weighted by Gasteiger charge is 2.46. The molecular weight excluding hydrogens is 750 g/mol. The fourth-order valence-electron chi connectivity index (χ4n) is 6.53. The van der Waals surface area contributed by atoms with Crippen LogP contribution in [-0.2, 0) is 30.7 Å². The number of rotatable bonds is 11. The van der Waals surface area contributed by atoms with Crippen molar-refractivity contribution in [3.63, 3.8) is 0 Å². The predicted molar refractivity (Wildman–Crippen MR) is 192 cm³/mol. The highest BCUT2D eigenvalue weighted by molar-refractivity contribution is 6.00. The number of alkyl halides is 6. The first-order valence-electron chi connectivity index (χ1n) is 17.3. The number of nitrogens with zero attached hydrogens (tertiary/aromatic N) is 5. The van der Waals surface area contributed by atoms with Gasteiger partial charge < -0.3 is 15.7 Å². The van der Waals surface area contributed by atoms with Crippen molar-refractivity contribution in [1.82, 2.24) is 29.9 Å². The summed E-state index contributed by atoms with van der Waals surface area (Å²) < 4.78 is 116. The van der Waals surface area contributed by atoms with Gasteiger partial charge in [-0.1, -0.05) is 37.1 Å². The molecule has 294 valence electrons. The smallest absolute Gasteiger partial charge is 0.295 e. The summed E-state index contributed by atoms with van der Waals surface area (Å²) in [5.74, 6) is -2.38. The number of aryl methyl sites for hydroxylation is 1. The number of para-hydroxylation sites is 1. The lowest BCUT2D eigenvalue weighted by Crippen LogP contribution is -2.36. The zero-order valence-electron chi connectivity index (χ0n) is 30.3. The number of pyridine rings is 1. The monoisotopic (exact) mass is 785 g/mol. The molecule has 3 aromatic heterocycles. The molecule has 9 nitrogen and oxygen atoms in total. The average molecular weight is 786 g/mol. The van der Waals surface area contributed by atoms with E-state index in [4.69, 9.17) is 4.98 Å². The van der Waals surface area contributed by atoms with Crippen molar-refractivity contribution in [3.05, 3.63) is 100 Å². The Morgan fingerprint density at radius 1 is 1.02 bits per heavy atom. The number of allylic oxidation sites excluding steroid dienone is 1. The van der Waals surface area contributed by atoms with E-state index in [9.17, 15) is 36.2 Å². The first-order valence-corrected chi connectivity index (χ1v) is 17.3. The van der Waals surface area contributed by atoms with E-state index in [1.165, 1.54) is 31.5 Å². The largest absolute Gasteiger partial charge is 0.378 e. The summed E-state index contributed by atoms with van der Waals surface area (Å²) in [6.45, 7) is 2.42. The predicted octanol–water partition coefficient (Wildman–Crippen LogP) is 7.70. The maximum Gasteiger partial charge on any atom is 0.295 e. The van der Waals surface area contributed by atoms with Gasteiger partial charge in [0.1, 0.15) is 40.9 Å². The molecule has 2 aromatic carbocycles. The van der Waals surface area contributed by atoms with Crippen molar-refractivity contribution < 1.29 is 45.0 Å². The lowest BCUT2D eigenvalue weighted by atomic mass is 9.90. The van der Waals surface area contributed by atoms with E-state index in [0.717, 1.165) is 24.3 Å². The Bertz CT molecular complexity index is 2370. The molecule has 0 fully saturated rings. The molecule has 1 amide bonds. The van der Waals surface area contributed by atoms with E-state index in [1.807, 2.05) is 0 Å². The van der Waals surface area contributed by atoms with Crippen LogP contribution in [0, 0.1) is 29.4 Å². The van der Waals surface area contributed by atoms with Crippen LogP contribution >= 0.6 is 0 Å². The van der Waals surface area contributed by atoms with Crippen LogP contribution in [0.25, 0.3) is 28.1 Å². The van der Waals surface area contributed by atoms with Crippen LogP contribution in [0.4, 0.5) is 40.9 Å². The molecule has 5 aromatic rings. The normalized spacial score (nSPS) is 15.5. The molecule has 0 radical (unpaired) electrons. The molecule has 6 rings (SSSR count). The molecule has 17 heteroatoms. The molecule has 1 aliphatic rings. The number of aliphatic hydroxyl groups is 1. The number of benzene rings is 2. The number of amides is 1. The number of hydrogen-bond acceptors (Lipinski definition) is 6. The highest BCUT2D eigenvalue weighted by atomic mass is 19.3. The zero-order chi connectivity index (χ0) is 40.7. The van der Waals surface area contributed by atoms with Crippen molar-refractivity contribution >= 4 is 28.7 Å². The number of halogens is 8. The molecule has 0 unspecified atom stereocenters. The van der Waals surface area contributed by atoms with Crippen LogP contribution in [0.5, 0.6) is 0 Å². The molecule has 3 N–H and O–H groups in total. The topological polar surface area (TPSA) is 110 Å². The zero-order valence-corrected chi connectivity index (χ0v) is 30.3. The van der Waals surface area contributed by atoms with Gasteiger partial charge in [-0.2, -0.15) is 19.0 Å². The summed E-state index contributed by atoms with van der Waals surface area (Å²) >= 11 is 0.